The fraction of sp³-hybridized carbons (Fsp3) is 0.455. The van der Waals surface area contributed by atoms with Gasteiger partial charge in [-0.2, -0.15) is 0 Å². The summed E-state index contributed by atoms with van der Waals surface area (Å²) in [6.07, 6.45) is 6.29. The first-order valence-corrected chi connectivity index (χ1v) is 4.81. The second-order valence-corrected chi connectivity index (χ2v) is 3.53. The number of Topliss-reactive ketones (excluding diaryl/α,β-unsaturated/α-hetero) is 1. The van der Waals surface area contributed by atoms with Crippen LogP contribution >= 0.6 is 0 Å². The van der Waals surface area contributed by atoms with Crippen molar-refractivity contribution in [3.05, 3.63) is 29.6 Å². The Labute approximate surface area is 78.0 Å². The van der Waals surface area contributed by atoms with Crippen molar-refractivity contribution in [2.24, 2.45) is 0 Å². The van der Waals surface area contributed by atoms with Gasteiger partial charge in [0.2, 0.25) is 0 Å². The summed E-state index contributed by atoms with van der Waals surface area (Å²) in [6, 6.07) is 3.93. The van der Waals surface area contributed by atoms with Gasteiger partial charge in [0.05, 0.1) is 0 Å². The van der Waals surface area contributed by atoms with E-state index in [0.29, 0.717) is 12.2 Å². The first kappa shape index (κ1) is 8.42. The number of ketones is 1. The van der Waals surface area contributed by atoms with E-state index in [1.54, 1.807) is 0 Å². The molecule has 1 aromatic rings. The third-order valence-corrected chi connectivity index (χ3v) is 2.49. The van der Waals surface area contributed by atoms with E-state index in [4.69, 9.17) is 0 Å². The van der Waals surface area contributed by atoms with Crippen LogP contribution in [0.25, 0.3) is 0 Å². The van der Waals surface area contributed by atoms with Crippen molar-refractivity contribution in [3.63, 3.8) is 0 Å². The SMILES string of the molecule is O=C1CCCCc2ncccc2C1. The fourth-order valence-electron chi connectivity index (χ4n) is 1.77. The number of carbonyl (C=O) groups is 1. The summed E-state index contributed by atoms with van der Waals surface area (Å²) in [4.78, 5) is 15.7. The molecule has 2 rings (SSSR count). The molecule has 1 aliphatic carbocycles. The van der Waals surface area contributed by atoms with Gasteiger partial charge in [-0.25, -0.2) is 0 Å². The molecule has 2 nitrogen and oxygen atoms in total. The van der Waals surface area contributed by atoms with Gasteiger partial charge >= 0.3 is 0 Å². The van der Waals surface area contributed by atoms with Gasteiger partial charge in [0.15, 0.2) is 0 Å². The molecule has 1 aliphatic rings. The molecule has 0 amide bonds. The van der Waals surface area contributed by atoms with Crippen molar-refractivity contribution >= 4 is 5.78 Å². The van der Waals surface area contributed by atoms with Gasteiger partial charge in [0.1, 0.15) is 5.78 Å². The highest BCUT2D eigenvalue weighted by molar-refractivity contribution is 5.81. The number of aromatic nitrogens is 1. The summed E-state index contributed by atoms with van der Waals surface area (Å²) in [7, 11) is 0. The zero-order valence-corrected chi connectivity index (χ0v) is 7.62. The maximum atomic E-state index is 11.4. The fourth-order valence-corrected chi connectivity index (χ4v) is 1.77. The van der Waals surface area contributed by atoms with Crippen molar-refractivity contribution < 1.29 is 4.79 Å². The molecule has 0 atom stereocenters. The number of hydrogen-bond acceptors (Lipinski definition) is 2. The molecule has 1 aromatic heterocycles. The largest absolute Gasteiger partial charge is 0.299 e. The number of aryl methyl sites for hydroxylation is 1. The second kappa shape index (κ2) is 3.69. The summed E-state index contributed by atoms with van der Waals surface area (Å²) in [5.41, 5.74) is 2.25. The Morgan fingerprint density at radius 1 is 1.23 bits per heavy atom. The number of rotatable bonds is 0. The third-order valence-electron chi connectivity index (χ3n) is 2.49. The Morgan fingerprint density at radius 2 is 2.08 bits per heavy atom. The highest BCUT2D eigenvalue weighted by Crippen LogP contribution is 2.15. The first-order valence-electron chi connectivity index (χ1n) is 4.81. The van der Waals surface area contributed by atoms with Gasteiger partial charge in [-0.3, -0.25) is 9.78 Å². The minimum atomic E-state index is 0.356. The van der Waals surface area contributed by atoms with E-state index in [9.17, 15) is 4.79 Å². The molecule has 0 saturated heterocycles. The first-order chi connectivity index (χ1) is 6.36. The molecule has 0 aliphatic heterocycles. The van der Waals surface area contributed by atoms with Gasteiger partial charge in [-0.15, -0.1) is 0 Å². The quantitative estimate of drug-likeness (QED) is 0.603. The molecular formula is C11H13NO. The zero-order chi connectivity index (χ0) is 9.10. The molecule has 0 saturated carbocycles. The maximum absolute atomic E-state index is 11.4. The Hall–Kier alpha value is -1.18. The van der Waals surface area contributed by atoms with Gasteiger partial charge in [0, 0.05) is 24.7 Å². The van der Waals surface area contributed by atoms with Gasteiger partial charge in [0.25, 0.3) is 0 Å². The van der Waals surface area contributed by atoms with Crippen LogP contribution in [0.2, 0.25) is 0 Å². The number of fused-ring (bicyclic) bond motifs is 1. The molecule has 13 heavy (non-hydrogen) atoms. The van der Waals surface area contributed by atoms with Crippen molar-refractivity contribution in [1.82, 2.24) is 4.98 Å². The number of pyridine rings is 1. The van der Waals surface area contributed by atoms with Crippen LogP contribution in [0.5, 0.6) is 0 Å². The van der Waals surface area contributed by atoms with Gasteiger partial charge < -0.3 is 0 Å². The molecule has 0 aromatic carbocycles. The molecule has 0 fully saturated rings. The molecule has 0 radical (unpaired) electrons. The van der Waals surface area contributed by atoms with Crippen LogP contribution in [0.4, 0.5) is 0 Å². The number of hydrogen-bond donors (Lipinski definition) is 0. The lowest BCUT2D eigenvalue weighted by molar-refractivity contribution is -0.118. The van der Waals surface area contributed by atoms with E-state index >= 15 is 0 Å². The predicted molar refractivity (Wildman–Crippen MR) is 50.5 cm³/mol. The van der Waals surface area contributed by atoms with E-state index in [0.717, 1.165) is 36.9 Å². The van der Waals surface area contributed by atoms with Crippen LogP contribution in [-0.2, 0) is 17.6 Å². The smallest absolute Gasteiger partial charge is 0.137 e. The van der Waals surface area contributed by atoms with E-state index < -0.39 is 0 Å². The van der Waals surface area contributed by atoms with Crippen molar-refractivity contribution in [3.8, 4) is 0 Å². The standard InChI is InChI=1S/C11H13NO/c13-10-5-1-2-6-11-9(8-10)4-3-7-12-11/h3-4,7H,1-2,5-6,8H2. The normalized spacial score (nSPS) is 17.4. The van der Waals surface area contributed by atoms with Crippen LogP contribution in [-0.4, -0.2) is 10.8 Å². The van der Waals surface area contributed by atoms with Gasteiger partial charge in [-0.05, 0) is 30.9 Å². The molecule has 0 N–H and O–H groups in total. The Balaban J connectivity index is 2.30. The van der Waals surface area contributed by atoms with E-state index in [1.807, 2.05) is 18.3 Å². The minimum absolute atomic E-state index is 0.356. The number of carbonyl (C=O) groups excluding carboxylic acids is 1. The average molecular weight is 175 g/mol. The molecule has 0 spiro atoms. The van der Waals surface area contributed by atoms with Crippen LogP contribution in [0, 0.1) is 0 Å². The summed E-state index contributed by atoms with van der Waals surface area (Å²) in [5, 5.41) is 0. The van der Waals surface area contributed by atoms with E-state index in [1.165, 1.54) is 0 Å². The molecular weight excluding hydrogens is 162 g/mol. The highest BCUT2D eigenvalue weighted by Gasteiger charge is 2.11. The number of nitrogens with zero attached hydrogens (tertiary/aromatic N) is 1. The molecule has 0 unspecified atom stereocenters. The van der Waals surface area contributed by atoms with Crippen molar-refractivity contribution in [1.29, 1.82) is 0 Å². The molecule has 1 heterocycles. The Bertz CT molecular complexity index is 320. The lowest BCUT2D eigenvalue weighted by Gasteiger charge is -2.10. The third kappa shape index (κ3) is 1.94. The minimum Gasteiger partial charge on any atom is -0.299 e. The predicted octanol–water partition coefficient (Wildman–Crippen LogP) is 1.92. The van der Waals surface area contributed by atoms with Gasteiger partial charge in [-0.1, -0.05) is 6.07 Å². The average Bonchev–Trinajstić information content (AvgIpc) is 2.11. The Kier molecular flexibility index (Phi) is 2.39. The zero-order valence-electron chi connectivity index (χ0n) is 7.62. The summed E-state index contributed by atoms with van der Waals surface area (Å²) in [5.74, 6) is 0.356. The van der Waals surface area contributed by atoms with E-state index in [-0.39, 0.29) is 0 Å². The maximum Gasteiger partial charge on any atom is 0.137 e. The van der Waals surface area contributed by atoms with E-state index in [2.05, 4.69) is 4.98 Å². The monoisotopic (exact) mass is 175 g/mol. The Morgan fingerprint density at radius 3 is 3.00 bits per heavy atom. The molecule has 68 valence electrons. The van der Waals surface area contributed by atoms with Crippen LogP contribution in [0.1, 0.15) is 30.5 Å². The topological polar surface area (TPSA) is 30.0 Å². The van der Waals surface area contributed by atoms with Crippen LogP contribution in [0.3, 0.4) is 0 Å². The van der Waals surface area contributed by atoms with Crippen molar-refractivity contribution in [2.75, 3.05) is 0 Å². The highest BCUT2D eigenvalue weighted by atomic mass is 16.1. The lowest BCUT2D eigenvalue weighted by Crippen LogP contribution is -2.09. The molecule has 0 bridgehead atoms. The molecule has 2 heteroatoms. The van der Waals surface area contributed by atoms with Crippen LogP contribution < -0.4 is 0 Å². The summed E-state index contributed by atoms with van der Waals surface area (Å²) in [6.45, 7) is 0. The summed E-state index contributed by atoms with van der Waals surface area (Å²) >= 11 is 0. The lowest BCUT2D eigenvalue weighted by atomic mass is 9.96. The second-order valence-electron chi connectivity index (χ2n) is 3.53. The summed E-state index contributed by atoms with van der Waals surface area (Å²) < 4.78 is 0. The van der Waals surface area contributed by atoms with Crippen LogP contribution in [0.15, 0.2) is 18.3 Å². The van der Waals surface area contributed by atoms with Crippen molar-refractivity contribution in [2.45, 2.75) is 32.1 Å².